The maximum Gasteiger partial charge on any atom is 0.331 e. The first kappa shape index (κ1) is 8.46. The molecule has 2 N–H and O–H groups in total. The van der Waals surface area contributed by atoms with E-state index in [1.165, 1.54) is 6.26 Å². The lowest BCUT2D eigenvalue weighted by atomic mass is 10.6. The van der Waals surface area contributed by atoms with Crippen molar-refractivity contribution < 1.29 is 18.8 Å². The van der Waals surface area contributed by atoms with Crippen molar-refractivity contribution in [1.29, 1.82) is 0 Å². The first-order chi connectivity index (χ1) is 4.97. The van der Waals surface area contributed by atoms with Gasteiger partial charge in [0.2, 0.25) is 0 Å². The fourth-order valence-corrected chi connectivity index (χ4v) is 1.26. The number of hydrogen-bond donors (Lipinski definition) is 2. The molecule has 62 valence electrons. The summed E-state index contributed by atoms with van der Waals surface area (Å²) in [6, 6.07) is 0. The van der Waals surface area contributed by atoms with Gasteiger partial charge in [-0.25, -0.2) is 4.98 Å². The van der Waals surface area contributed by atoms with E-state index in [0.717, 1.165) is 0 Å². The molecular formula is C5H8NO4P. The lowest BCUT2D eigenvalue weighted by Crippen LogP contribution is -1.86. The molecule has 1 heterocycles. The van der Waals surface area contributed by atoms with Crippen LogP contribution in [-0.2, 0) is 10.7 Å². The zero-order chi connectivity index (χ0) is 8.48. The molecule has 0 aliphatic carbocycles. The number of aryl methyl sites for hydroxylation is 1. The van der Waals surface area contributed by atoms with Gasteiger partial charge in [-0.15, -0.1) is 0 Å². The van der Waals surface area contributed by atoms with Gasteiger partial charge in [-0.3, -0.25) is 4.57 Å². The Bertz CT molecular complexity index is 288. The Morgan fingerprint density at radius 1 is 1.73 bits per heavy atom. The van der Waals surface area contributed by atoms with Gasteiger partial charge in [-0.1, -0.05) is 0 Å². The van der Waals surface area contributed by atoms with Gasteiger partial charge < -0.3 is 14.2 Å². The monoisotopic (exact) mass is 177 g/mol. The van der Waals surface area contributed by atoms with Crippen LogP contribution >= 0.6 is 7.60 Å². The highest BCUT2D eigenvalue weighted by Gasteiger charge is 2.16. The van der Waals surface area contributed by atoms with Crippen LogP contribution in [0.2, 0.25) is 0 Å². The maximum absolute atomic E-state index is 10.4. The van der Waals surface area contributed by atoms with Crippen molar-refractivity contribution in [2.75, 3.05) is 0 Å². The van der Waals surface area contributed by atoms with Gasteiger partial charge in [0.25, 0.3) is 0 Å². The number of oxazole rings is 1. The second kappa shape index (κ2) is 2.77. The van der Waals surface area contributed by atoms with Gasteiger partial charge in [-0.05, 0) is 0 Å². The Morgan fingerprint density at radius 3 is 2.73 bits per heavy atom. The molecule has 1 rings (SSSR count). The Kier molecular flexibility index (Phi) is 2.13. The molecule has 0 aromatic carbocycles. The van der Waals surface area contributed by atoms with Crippen molar-refractivity contribution >= 4 is 7.60 Å². The van der Waals surface area contributed by atoms with E-state index in [2.05, 4.69) is 4.98 Å². The lowest BCUT2D eigenvalue weighted by Gasteiger charge is -1.97. The molecule has 0 saturated heterocycles. The zero-order valence-electron chi connectivity index (χ0n) is 5.89. The van der Waals surface area contributed by atoms with Crippen molar-refractivity contribution in [3.05, 3.63) is 17.8 Å². The summed E-state index contributed by atoms with van der Waals surface area (Å²) >= 11 is 0. The minimum Gasteiger partial charge on any atom is -0.449 e. The highest BCUT2D eigenvalue weighted by molar-refractivity contribution is 7.50. The van der Waals surface area contributed by atoms with E-state index in [9.17, 15) is 4.57 Å². The third-order valence-corrected chi connectivity index (χ3v) is 1.77. The molecule has 0 atom stereocenters. The topological polar surface area (TPSA) is 83.6 Å². The van der Waals surface area contributed by atoms with Crippen LogP contribution in [0, 0.1) is 6.92 Å². The van der Waals surface area contributed by atoms with Gasteiger partial charge in [0.05, 0.1) is 11.9 Å². The van der Waals surface area contributed by atoms with E-state index < -0.39 is 7.60 Å². The number of nitrogens with zero attached hydrogens (tertiary/aromatic N) is 1. The highest BCUT2D eigenvalue weighted by Crippen LogP contribution is 2.38. The fourth-order valence-electron chi connectivity index (χ4n) is 0.692. The maximum atomic E-state index is 10.4. The van der Waals surface area contributed by atoms with E-state index in [1.54, 1.807) is 6.92 Å². The number of rotatable bonds is 2. The summed E-state index contributed by atoms with van der Waals surface area (Å²) in [7, 11) is -4.00. The molecule has 5 nitrogen and oxygen atoms in total. The van der Waals surface area contributed by atoms with Crippen molar-refractivity contribution in [3.63, 3.8) is 0 Å². The molecule has 1 aromatic rings. The van der Waals surface area contributed by atoms with Crippen molar-refractivity contribution in [2.24, 2.45) is 0 Å². The number of hydrogen-bond acceptors (Lipinski definition) is 3. The van der Waals surface area contributed by atoms with Crippen LogP contribution < -0.4 is 0 Å². The van der Waals surface area contributed by atoms with E-state index in [4.69, 9.17) is 14.2 Å². The Morgan fingerprint density at radius 2 is 2.36 bits per heavy atom. The quantitative estimate of drug-likeness (QED) is 0.648. The summed E-state index contributed by atoms with van der Waals surface area (Å²) in [6.07, 6.45) is 0.888. The van der Waals surface area contributed by atoms with Crippen LogP contribution in [0.1, 0.15) is 11.6 Å². The summed E-state index contributed by atoms with van der Waals surface area (Å²) in [4.78, 5) is 20.8. The first-order valence-electron chi connectivity index (χ1n) is 2.93. The van der Waals surface area contributed by atoms with Crippen LogP contribution in [-0.4, -0.2) is 14.8 Å². The molecule has 0 unspecified atom stereocenters. The first-order valence-corrected chi connectivity index (χ1v) is 4.73. The molecule has 0 amide bonds. The Labute approximate surface area is 63.2 Å². The second-order valence-electron chi connectivity index (χ2n) is 2.18. The smallest absolute Gasteiger partial charge is 0.331 e. The van der Waals surface area contributed by atoms with Crippen molar-refractivity contribution in [2.45, 2.75) is 13.1 Å². The van der Waals surface area contributed by atoms with Crippen LogP contribution in [0.15, 0.2) is 10.7 Å². The third-order valence-electron chi connectivity index (χ3n) is 1.03. The van der Waals surface area contributed by atoms with Gasteiger partial charge >= 0.3 is 7.60 Å². The molecule has 0 bridgehead atoms. The van der Waals surface area contributed by atoms with E-state index in [0.29, 0.717) is 5.89 Å². The van der Waals surface area contributed by atoms with Gasteiger partial charge in [-0.2, -0.15) is 0 Å². The van der Waals surface area contributed by atoms with Crippen LogP contribution in [0.4, 0.5) is 0 Å². The summed E-state index contributed by atoms with van der Waals surface area (Å²) in [6.45, 7) is 1.61. The average molecular weight is 177 g/mol. The molecule has 0 fully saturated rings. The lowest BCUT2D eigenvalue weighted by molar-refractivity contribution is 0.371. The predicted molar refractivity (Wildman–Crippen MR) is 37.0 cm³/mol. The van der Waals surface area contributed by atoms with Crippen LogP contribution in [0.3, 0.4) is 0 Å². The largest absolute Gasteiger partial charge is 0.449 e. The SMILES string of the molecule is Cc1nc(CP(=O)(O)O)co1. The highest BCUT2D eigenvalue weighted by atomic mass is 31.2. The van der Waals surface area contributed by atoms with Crippen molar-refractivity contribution in [1.82, 2.24) is 4.98 Å². The van der Waals surface area contributed by atoms with Crippen molar-refractivity contribution in [3.8, 4) is 0 Å². The van der Waals surface area contributed by atoms with Gasteiger partial charge in [0.1, 0.15) is 6.26 Å². The second-order valence-corrected chi connectivity index (χ2v) is 3.83. The summed E-state index contributed by atoms with van der Waals surface area (Å²) in [5.74, 6) is 0.411. The molecule has 0 spiro atoms. The van der Waals surface area contributed by atoms with Crippen LogP contribution in [0.25, 0.3) is 0 Å². The molecule has 0 aliphatic rings. The Balaban J connectivity index is 2.73. The number of aromatic nitrogens is 1. The Hall–Kier alpha value is -0.640. The third kappa shape index (κ3) is 2.84. The average Bonchev–Trinajstić information content (AvgIpc) is 2.10. The van der Waals surface area contributed by atoms with Gasteiger partial charge in [0, 0.05) is 6.92 Å². The molecule has 1 aromatic heterocycles. The fraction of sp³-hybridized carbons (Fsp3) is 0.400. The van der Waals surface area contributed by atoms with E-state index in [1.807, 2.05) is 0 Å². The molecule has 0 aliphatic heterocycles. The molecule has 11 heavy (non-hydrogen) atoms. The molecule has 6 heteroatoms. The molecule has 0 radical (unpaired) electrons. The van der Waals surface area contributed by atoms with E-state index >= 15 is 0 Å². The zero-order valence-corrected chi connectivity index (χ0v) is 6.78. The minimum atomic E-state index is -4.00. The van der Waals surface area contributed by atoms with E-state index in [-0.39, 0.29) is 11.9 Å². The summed E-state index contributed by atoms with van der Waals surface area (Å²) in [5.41, 5.74) is 0.288. The minimum absolute atomic E-state index is 0.288. The standard InChI is InChI=1S/C5H8NO4P/c1-4-6-5(2-10-4)3-11(7,8)9/h2H,3H2,1H3,(H2,7,8,9). The van der Waals surface area contributed by atoms with Gasteiger partial charge in [0.15, 0.2) is 5.89 Å². The normalized spacial score (nSPS) is 11.9. The summed E-state index contributed by atoms with van der Waals surface area (Å²) in [5, 5.41) is 0. The molecule has 0 saturated carbocycles. The molecular weight excluding hydrogens is 169 g/mol. The van der Waals surface area contributed by atoms with Crippen LogP contribution in [0.5, 0.6) is 0 Å². The predicted octanol–water partition coefficient (Wildman–Crippen LogP) is 0.661. The summed E-state index contributed by atoms with van der Waals surface area (Å²) < 4.78 is 15.2.